The molecule has 3 saturated carbocycles. The Balaban J connectivity index is 1.52. The Morgan fingerprint density at radius 1 is 1.14 bits per heavy atom. The highest BCUT2D eigenvalue weighted by molar-refractivity contribution is 5.87. The van der Waals surface area contributed by atoms with Crippen molar-refractivity contribution in [2.24, 2.45) is 17.8 Å². The van der Waals surface area contributed by atoms with Crippen LogP contribution in [0.5, 0.6) is 0 Å². The van der Waals surface area contributed by atoms with Gasteiger partial charge in [-0.2, -0.15) is 8.78 Å². The number of ether oxygens (including phenoxy) is 3. The zero-order chi connectivity index (χ0) is 21.2. The first kappa shape index (κ1) is 21.2. The molecule has 1 heterocycles. The van der Waals surface area contributed by atoms with Gasteiger partial charge in [0.25, 0.3) is 0 Å². The van der Waals surface area contributed by atoms with Crippen LogP contribution in [0.25, 0.3) is 0 Å². The van der Waals surface area contributed by atoms with Gasteiger partial charge in [0.15, 0.2) is 5.60 Å². The molecule has 6 unspecified atom stereocenters. The molecule has 0 spiro atoms. The molecular weight excluding hydrogens is 382 g/mol. The summed E-state index contributed by atoms with van der Waals surface area (Å²) < 4.78 is 47.0. The molecule has 4 fully saturated rings. The van der Waals surface area contributed by atoms with E-state index in [2.05, 4.69) is 6.58 Å². The Kier molecular flexibility index (Phi) is 4.91. The van der Waals surface area contributed by atoms with E-state index in [1.165, 1.54) is 6.92 Å². The summed E-state index contributed by atoms with van der Waals surface area (Å²) in [5, 5.41) is 10.0. The highest BCUT2D eigenvalue weighted by Gasteiger charge is 2.72. The Morgan fingerprint density at radius 3 is 2.28 bits per heavy atom. The van der Waals surface area contributed by atoms with E-state index in [0.717, 1.165) is 51.9 Å². The Hall–Kier alpha value is -1.05. The summed E-state index contributed by atoms with van der Waals surface area (Å²) in [5.74, 6) is -5.70. The summed E-state index contributed by atoms with van der Waals surface area (Å²) in [4.78, 5) is 11.9. The third kappa shape index (κ3) is 3.15. The first-order chi connectivity index (χ1) is 13.4. The van der Waals surface area contributed by atoms with Gasteiger partial charge < -0.3 is 19.3 Å². The lowest BCUT2D eigenvalue weighted by Crippen LogP contribution is -2.59. The predicted molar refractivity (Wildman–Crippen MR) is 101 cm³/mol. The average molecular weight is 414 g/mol. The molecule has 0 aromatic carbocycles. The summed E-state index contributed by atoms with van der Waals surface area (Å²) >= 11 is 0. The second-order valence-corrected chi connectivity index (χ2v) is 10.0. The first-order valence-corrected chi connectivity index (χ1v) is 10.7. The Labute approximate surface area is 170 Å². The van der Waals surface area contributed by atoms with Gasteiger partial charge in [0.05, 0.1) is 12.2 Å². The molecule has 0 radical (unpaired) electrons. The molecule has 0 aromatic rings. The van der Waals surface area contributed by atoms with Crippen molar-refractivity contribution in [3.8, 4) is 0 Å². The van der Waals surface area contributed by atoms with Gasteiger partial charge in [0.2, 0.25) is 5.79 Å². The number of aliphatic hydroxyl groups is 1. The maximum atomic E-state index is 15.0. The van der Waals surface area contributed by atoms with E-state index in [9.17, 15) is 18.7 Å². The molecule has 1 aliphatic heterocycles. The van der Waals surface area contributed by atoms with Gasteiger partial charge in [-0.15, -0.1) is 0 Å². The maximum Gasteiger partial charge on any atom is 0.333 e. The third-order valence-electron chi connectivity index (χ3n) is 7.83. The van der Waals surface area contributed by atoms with Crippen LogP contribution in [0.4, 0.5) is 8.78 Å². The van der Waals surface area contributed by atoms with Crippen LogP contribution >= 0.6 is 0 Å². The van der Waals surface area contributed by atoms with Crippen LogP contribution < -0.4 is 0 Å². The zero-order valence-corrected chi connectivity index (χ0v) is 17.5. The highest BCUT2D eigenvalue weighted by atomic mass is 19.3. The van der Waals surface area contributed by atoms with Crippen LogP contribution in [-0.4, -0.2) is 46.7 Å². The van der Waals surface area contributed by atoms with Gasteiger partial charge in [0.1, 0.15) is 6.10 Å². The Bertz CT molecular complexity index is 699. The minimum absolute atomic E-state index is 0.119. The number of hydrogen-bond donors (Lipinski definition) is 1. The number of carbonyl (C=O) groups excluding carboxylic acids is 1. The van der Waals surface area contributed by atoms with Crippen molar-refractivity contribution >= 4 is 5.97 Å². The van der Waals surface area contributed by atoms with Crippen molar-refractivity contribution in [1.82, 2.24) is 0 Å². The molecule has 5 nitrogen and oxygen atoms in total. The smallest absolute Gasteiger partial charge is 0.333 e. The maximum absolute atomic E-state index is 15.0. The average Bonchev–Trinajstić information content (AvgIpc) is 3.37. The van der Waals surface area contributed by atoms with E-state index in [4.69, 9.17) is 14.2 Å². The fourth-order valence-electron chi connectivity index (χ4n) is 6.26. The second-order valence-electron chi connectivity index (χ2n) is 10.0. The van der Waals surface area contributed by atoms with Crippen LogP contribution in [0.3, 0.4) is 0 Å². The summed E-state index contributed by atoms with van der Waals surface area (Å²) in [7, 11) is 0. The molecule has 0 aromatic heterocycles. The monoisotopic (exact) mass is 414 g/mol. The number of halogens is 2. The van der Waals surface area contributed by atoms with Gasteiger partial charge in [-0.3, -0.25) is 0 Å². The third-order valence-corrected chi connectivity index (χ3v) is 7.83. The van der Waals surface area contributed by atoms with Gasteiger partial charge in [-0.05, 0) is 70.6 Å². The van der Waals surface area contributed by atoms with Crippen molar-refractivity contribution in [2.45, 2.75) is 94.7 Å². The summed E-state index contributed by atoms with van der Waals surface area (Å²) in [6.07, 6.45) is 5.76. The molecule has 1 N–H and O–H groups in total. The fourth-order valence-corrected chi connectivity index (χ4v) is 6.26. The van der Waals surface area contributed by atoms with Crippen LogP contribution in [-0.2, 0) is 19.0 Å². The number of esters is 1. The SMILES string of the molecule is C=C(C)C(=O)OC1CC2CC1CC2C1(OC2(C)COC(C)(O)C2(F)F)CCCC1. The zero-order valence-electron chi connectivity index (χ0n) is 17.5. The van der Waals surface area contributed by atoms with E-state index >= 15 is 0 Å². The number of rotatable bonds is 5. The quantitative estimate of drug-likeness (QED) is 0.545. The molecule has 1 saturated heterocycles. The van der Waals surface area contributed by atoms with Gasteiger partial charge in [0, 0.05) is 5.57 Å². The standard InChI is InChI=1S/C22H32F2O5/c1-13(2)18(25)28-17-11-14-9-15(17)10-16(14)21(7-5-6-8-21)29-19(3)12-27-20(4,26)22(19,23)24/h14-17,26H,1,5-12H2,2-4H3. The number of carbonyl (C=O) groups is 1. The van der Waals surface area contributed by atoms with Crippen molar-refractivity contribution in [3.63, 3.8) is 0 Å². The molecule has 2 bridgehead atoms. The minimum Gasteiger partial charge on any atom is -0.459 e. The molecule has 4 aliphatic rings. The van der Waals surface area contributed by atoms with E-state index in [-0.39, 0.29) is 30.5 Å². The number of alkyl halides is 2. The molecule has 6 atom stereocenters. The van der Waals surface area contributed by atoms with Gasteiger partial charge in [-0.25, -0.2) is 4.79 Å². The van der Waals surface area contributed by atoms with Gasteiger partial charge in [-0.1, -0.05) is 19.4 Å². The summed E-state index contributed by atoms with van der Waals surface area (Å²) in [6, 6.07) is 0. The number of fused-ring (bicyclic) bond motifs is 2. The molecule has 3 aliphatic carbocycles. The van der Waals surface area contributed by atoms with E-state index < -0.39 is 22.9 Å². The topological polar surface area (TPSA) is 65.0 Å². The largest absolute Gasteiger partial charge is 0.459 e. The summed E-state index contributed by atoms with van der Waals surface area (Å²) in [6.45, 7) is 7.30. The molecule has 164 valence electrons. The minimum atomic E-state index is -3.51. The lowest BCUT2D eigenvalue weighted by atomic mass is 9.73. The van der Waals surface area contributed by atoms with E-state index in [0.29, 0.717) is 11.5 Å². The lowest BCUT2D eigenvalue weighted by molar-refractivity contribution is -0.305. The van der Waals surface area contributed by atoms with Crippen molar-refractivity contribution in [1.29, 1.82) is 0 Å². The van der Waals surface area contributed by atoms with Crippen LogP contribution in [0, 0.1) is 17.8 Å². The van der Waals surface area contributed by atoms with Gasteiger partial charge >= 0.3 is 11.9 Å². The van der Waals surface area contributed by atoms with Crippen molar-refractivity contribution in [2.75, 3.05) is 6.61 Å². The van der Waals surface area contributed by atoms with Crippen LogP contribution in [0.2, 0.25) is 0 Å². The molecule has 7 heteroatoms. The van der Waals surface area contributed by atoms with Crippen molar-refractivity contribution in [3.05, 3.63) is 12.2 Å². The Morgan fingerprint density at radius 2 is 1.79 bits per heavy atom. The highest BCUT2D eigenvalue weighted by Crippen LogP contribution is 2.60. The lowest BCUT2D eigenvalue weighted by Gasteiger charge is -2.47. The number of hydrogen-bond acceptors (Lipinski definition) is 5. The van der Waals surface area contributed by atoms with Crippen LogP contribution in [0.15, 0.2) is 12.2 Å². The second kappa shape index (κ2) is 6.72. The molecule has 0 amide bonds. The van der Waals surface area contributed by atoms with Crippen LogP contribution in [0.1, 0.15) is 65.7 Å². The van der Waals surface area contributed by atoms with Crippen molar-refractivity contribution < 1.29 is 32.9 Å². The fraction of sp³-hybridized carbons (Fsp3) is 0.864. The predicted octanol–water partition coefficient (Wildman–Crippen LogP) is 3.98. The first-order valence-electron chi connectivity index (χ1n) is 10.7. The molecular formula is C22H32F2O5. The normalized spacial score (nSPS) is 44.9. The van der Waals surface area contributed by atoms with E-state index in [1.54, 1.807) is 6.92 Å². The molecule has 29 heavy (non-hydrogen) atoms. The molecule has 4 rings (SSSR count). The summed E-state index contributed by atoms with van der Waals surface area (Å²) in [5.41, 5.74) is -2.11. The van der Waals surface area contributed by atoms with E-state index in [1.807, 2.05) is 0 Å².